The van der Waals surface area contributed by atoms with Gasteiger partial charge in [0.2, 0.25) is 0 Å². The third-order valence-corrected chi connectivity index (χ3v) is 3.67. The summed E-state index contributed by atoms with van der Waals surface area (Å²) >= 11 is 5.98. The summed E-state index contributed by atoms with van der Waals surface area (Å²) in [5.41, 5.74) is 0.642. The number of nitrogens with zero attached hydrogens (tertiary/aromatic N) is 3. The van der Waals surface area contributed by atoms with Crippen LogP contribution in [0.2, 0.25) is 5.15 Å². The molecule has 0 amide bonds. The molecule has 1 atom stereocenters. The van der Waals surface area contributed by atoms with Gasteiger partial charge in [-0.05, 0) is 25.2 Å². The van der Waals surface area contributed by atoms with Crippen LogP contribution in [0.3, 0.4) is 0 Å². The zero-order valence-electron chi connectivity index (χ0n) is 10.1. The Bertz CT molecular complexity index is 386. The molecule has 0 saturated carbocycles. The van der Waals surface area contributed by atoms with Crippen LogP contribution in [0.4, 0.5) is 5.82 Å². The summed E-state index contributed by atoms with van der Waals surface area (Å²) < 4.78 is 0. The summed E-state index contributed by atoms with van der Waals surface area (Å²) in [5, 5.41) is 9.72. The number of aliphatic hydroxyl groups is 1. The predicted octanol–water partition coefficient (Wildman–Crippen LogP) is 2.25. The van der Waals surface area contributed by atoms with E-state index in [1.54, 1.807) is 0 Å². The molecule has 1 aliphatic rings. The predicted molar refractivity (Wildman–Crippen MR) is 68.2 cm³/mol. The Morgan fingerprint density at radius 1 is 1.41 bits per heavy atom. The van der Waals surface area contributed by atoms with Crippen molar-refractivity contribution in [3.05, 3.63) is 17.0 Å². The minimum atomic E-state index is -0.110. The van der Waals surface area contributed by atoms with Crippen LogP contribution in [0.5, 0.6) is 0 Å². The monoisotopic (exact) mass is 255 g/mol. The second kappa shape index (κ2) is 5.65. The van der Waals surface area contributed by atoms with Gasteiger partial charge < -0.3 is 10.0 Å². The van der Waals surface area contributed by atoms with Gasteiger partial charge >= 0.3 is 0 Å². The number of hydrogen-bond donors (Lipinski definition) is 1. The molecule has 1 N–H and O–H groups in total. The van der Waals surface area contributed by atoms with Crippen molar-refractivity contribution in [3.63, 3.8) is 0 Å². The lowest BCUT2D eigenvalue weighted by Crippen LogP contribution is -2.26. The Labute approximate surface area is 107 Å². The molecule has 1 aromatic heterocycles. The fourth-order valence-electron chi connectivity index (χ4n) is 2.27. The van der Waals surface area contributed by atoms with E-state index >= 15 is 0 Å². The van der Waals surface area contributed by atoms with Crippen LogP contribution in [0.25, 0.3) is 0 Å². The van der Waals surface area contributed by atoms with Gasteiger partial charge in [-0.2, -0.15) is 0 Å². The first-order valence-corrected chi connectivity index (χ1v) is 6.45. The highest BCUT2D eigenvalue weighted by Crippen LogP contribution is 2.26. The van der Waals surface area contributed by atoms with Crippen LogP contribution < -0.4 is 4.90 Å². The molecule has 0 aliphatic carbocycles. The van der Waals surface area contributed by atoms with Crippen molar-refractivity contribution in [1.82, 2.24) is 9.97 Å². The Hall–Kier alpha value is -0.870. The molecular formula is C12H18ClN3O. The molecule has 0 aromatic carbocycles. The van der Waals surface area contributed by atoms with Gasteiger partial charge in [-0.1, -0.05) is 18.5 Å². The Balaban J connectivity index is 2.23. The molecule has 0 spiro atoms. The van der Waals surface area contributed by atoms with Crippen LogP contribution in [0.1, 0.15) is 31.7 Å². The van der Waals surface area contributed by atoms with Gasteiger partial charge in [-0.15, -0.1) is 0 Å². The first-order valence-electron chi connectivity index (χ1n) is 6.07. The molecule has 1 saturated heterocycles. The first kappa shape index (κ1) is 12.6. The number of aliphatic hydroxyl groups excluding tert-OH is 1. The van der Waals surface area contributed by atoms with E-state index in [9.17, 15) is 5.11 Å². The molecule has 94 valence electrons. The first-order chi connectivity index (χ1) is 8.22. The molecule has 1 fully saturated rings. The number of halogens is 1. The van der Waals surface area contributed by atoms with E-state index in [0.717, 1.165) is 37.7 Å². The lowest BCUT2D eigenvalue weighted by atomic mass is 10.0. The van der Waals surface area contributed by atoms with Crippen LogP contribution in [-0.4, -0.2) is 28.2 Å². The fraction of sp³-hybridized carbons (Fsp3) is 0.667. The van der Waals surface area contributed by atoms with Crippen molar-refractivity contribution in [3.8, 4) is 0 Å². The lowest BCUT2D eigenvalue weighted by molar-refractivity contribution is 0.281. The number of rotatable bonds is 2. The normalized spacial score (nSPS) is 21.4. The van der Waals surface area contributed by atoms with E-state index in [4.69, 9.17) is 11.6 Å². The van der Waals surface area contributed by atoms with Crippen molar-refractivity contribution < 1.29 is 5.11 Å². The molecule has 4 nitrogen and oxygen atoms in total. The van der Waals surface area contributed by atoms with Crippen molar-refractivity contribution >= 4 is 17.4 Å². The highest BCUT2D eigenvalue weighted by atomic mass is 35.5. The third kappa shape index (κ3) is 2.87. The molecule has 0 radical (unpaired) electrons. The van der Waals surface area contributed by atoms with E-state index in [1.165, 1.54) is 12.7 Å². The minimum absolute atomic E-state index is 0.110. The van der Waals surface area contributed by atoms with Gasteiger partial charge in [0.1, 0.15) is 17.3 Å². The quantitative estimate of drug-likeness (QED) is 0.824. The summed E-state index contributed by atoms with van der Waals surface area (Å²) in [7, 11) is 0. The summed E-state index contributed by atoms with van der Waals surface area (Å²) in [5.74, 6) is 1.55. The molecular weight excluding hydrogens is 238 g/mol. The standard InChI is InChI=1S/C12H18ClN3O/c1-9-3-2-5-16(6-4-9)12-10(7-17)11(13)14-8-15-12/h8-9,17H,2-7H2,1H3. The molecule has 0 bridgehead atoms. The lowest BCUT2D eigenvalue weighted by Gasteiger charge is -2.23. The SMILES string of the molecule is CC1CCCN(c2ncnc(Cl)c2CO)CC1. The number of aromatic nitrogens is 2. The summed E-state index contributed by atoms with van der Waals surface area (Å²) in [4.78, 5) is 10.4. The Morgan fingerprint density at radius 3 is 3.00 bits per heavy atom. The second-order valence-corrected chi connectivity index (χ2v) is 5.01. The molecule has 5 heteroatoms. The van der Waals surface area contributed by atoms with Crippen molar-refractivity contribution in [1.29, 1.82) is 0 Å². The van der Waals surface area contributed by atoms with E-state index in [1.807, 2.05) is 0 Å². The number of anilines is 1. The molecule has 17 heavy (non-hydrogen) atoms. The van der Waals surface area contributed by atoms with Gasteiger partial charge in [0.25, 0.3) is 0 Å². The average Bonchev–Trinajstić information content (AvgIpc) is 2.54. The van der Waals surface area contributed by atoms with Crippen molar-refractivity contribution in [2.24, 2.45) is 5.92 Å². The summed E-state index contributed by atoms with van der Waals surface area (Å²) in [6.45, 7) is 4.12. The van der Waals surface area contributed by atoms with Crippen LogP contribution in [-0.2, 0) is 6.61 Å². The second-order valence-electron chi connectivity index (χ2n) is 4.65. The Morgan fingerprint density at radius 2 is 2.24 bits per heavy atom. The third-order valence-electron chi connectivity index (χ3n) is 3.34. The van der Waals surface area contributed by atoms with Crippen LogP contribution in [0, 0.1) is 5.92 Å². The maximum atomic E-state index is 9.36. The van der Waals surface area contributed by atoms with E-state index in [0.29, 0.717) is 10.7 Å². The molecule has 2 heterocycles. The van der Waals surface area contributed by atoms with Gasteiger partial charge in [-0.25, -0.2) is 9.97 Å². The van der Waals surface area contributed by atoms with Gasteiger partial charge in [-0.3, -0.25) is 0 Å². The zero-order chi connectivity index (χ0) is 12.3. The number of hydrogen-bond acceptors (Lipinski definition) is 4. The summed E-state index contributed by atoms with van der Waals surface area (Å²) in [6.07, 6.45) is 5.04. The smallest absolute Gasteiger partial charge is 0.140 e. The Kier molecular flexibility index (Phi) is 4.18. The van der Waals surface area contributed by atoms with Crippen LogP contribution in [0.15, 0.2) is 6.33 Å². The minimum Gasteiger partial charge on any atom is -0.391 e. The molecule has 1 unspecified atom stereocenters. The summed E-state index contributed by atoms with van der Waals surface area (Å²) in [6, 6.07) is 0. The van der Waals surface area contributed by atoms with Gasteiger partial charge in [0, 0.05) is 13.1 Å². The highest BCUT2D eigenvalue weighted by Gasteiger charge is 2.19. The fourth-order valence-corrected chi connectivity index (χ4v) is 2.45. The largest absolute Gasteiger partial charge is 0.391 e. The topological polar surface area (TPSA) is 49.2 Å². The zero-order valence-corrected chi connectivity index (χ0v) is 10.8. The van der Waals surface area contributed by atoms with Gasteiger partial charge in [0.15, 0.2) is 0 Å². The molecule has 2 rings (SSSR count). The van der Waals surface area contributed by atoms with Crippen molar-refractivity contribution in [2.75, 3.05) is 18.0 Å². The maximum Gasteiger partial charge on any atom is 0.140 e. The molecule has 1 aromatic rings. The molecule has 1 aliphatic heterocycles. The van der Waals surface area contributed by atoms with Crippen molar-refractivity contribution in [2.45, 2.75) is 32.8 Å². The van der Waals surface area contributed by atoms with E-state index < -0.39 is 0 Å². The van der Waals surface area contributed by atoms with Gasteiger partial charge in [0.05, 0.1) is 12.2 Å². The maximum absolute atomic E-state index is 9.36. The van der Waals surface area contributed by atoms with Crippen LogP contribution >= 0.6 is 11.6 Å². The average molecular weight is 256 g/mol. The highest BCUT2D eigenvalue weighted by molar-refractivity contribution is 6.30. The van der Waals surface area contributed by atoms with E-state index in [-0.39, 0.29) is 6.61 Å². The van der Waals surface area contributed by atoms with E-state index in [2.05, 4.69) is 21.8 Å².